The van der Waals surface area contributed by atoms with Crippen molar-refractivity contribution in [2.24, 2.45) is 5.10 Å². The summed E-state index contributed by atoms with van der Waals surface area (Å²) >= 11 is 4.91. The minimum Gasteiger partial charge on any atom is -0.481 e. The number of hydrogen-bond donors (Lipinski definition) is 1. The first-order valence-corrected chi connectivity index (χ1v) is 9.01. The Bertz CT molecular complexity index is 891. The van der Waals surface area contributed by atoms with E-state index in [-0.39, 0.29) is 5.91 Å². The van der Waals surface area contributed by atoms with E-state index in [9.17, 15) is 4.79 Å². The summed E-state index contributed by atoms with van der Waals surface area (Å²) in [4.78, 5) is 13.0. The molecule has 0 saturated carbocycles. The predicted molar refractivity (Wildman–Crippen MR) is 102 cm³/mol. The van der Waals surface area contributed by atoms with Crippen LogP contribution < -0.4 is 10.2 Å². The van der Waals surface area contributed by atoms with Gasteiger partial charge in [-0.1, -0.05) is 30.3 Å². The highest BCUT2D eigenvalue weighted by Crippen LogP contribution is 2.21. The molecule has 1 N–H and O–H groups in total. The molecule has 0 radical (unpaired) electrons. The molecule has 6 heteroatoms. The van der Waals surface area contributed by atoms with Gasteiger partial charge in [0.2, 0.25) is 0 Å². The summed E-state index contributed by atoms with van der Waals surface area (Å²) in [5.74, 6) is 0.359. The largest absolute Gasteiger partial charge is 0.481 e. The number of benzene rings is 2. The number of halogens is 1. The number of amides is 1. The summed E-state index contributed by atoms with van der Waals surface area (Å²) in [6.07, 6.45) is 0.967. The molecule has 1 atom stereocenters. The van der Waals surface area contributed by atoms with Crippen LogP contribution in [0.4, 0.5) is 0 Å². The Kier molecular flexibility index (Phi) is 5.27. The minimum atomic E-state index is -0.640. The highest BCUT2D eigenvalue weighted by Gasteiger charge is 2.14. The van der Waals surface area contributed by atoms with E-state index in [1.165, 1.54) is 11.3 Å². The molecule has 0 fully saturated rings. The van der Waals surface area contributed by atoms with Crippen molar-refractivity contribution in [2.75, 3.05) is 0 Å². The zero-order valence-corrected chi connectivity index (χ0v) is 15.3. The zero-order valence-electron chi connectivity index (χ0n) is 12.9. The van der Waals surface area contributed by atoms with Crippen molar-refractivity contribution in [1.29, 1.82) is 0 Å². The number of ether oxygens (including phenoxy) is 1. The topological polar surface area (TPSA) is 50.7 Å². The molecule has 1 amide bonds. The summed E-state index contributed by atoms with van der Waals surface area (Å²) in [6, 6.07) is 15.7. The van der Waals surface area contributed by atoms with E-state index < -0.39 is 6.10 Å². The van der Waals surface area contributed by atoms with Gasteiger partial charge < -0.3 is 4.74 Å². The molecular weight excluding hydrogens is 388 g/mol. The van der Waals surface area contributed by atoms with Gasteiger partial charge in [-0.05, 0) is 51.8 Å². The molecule has 1 heterocycles. The van der Waals surface area contributed by atoms with E-state index in [0.717, 1.165) is 20.1 Å². The summed E-state index contributed by atoms with van der Waals surface area (Å²) in [6.45, 7) is 1.70. The maximum atomic E-state index is 12.1. The first kappa shape index (κ1) is 16.7. The second-order valence-electron chi connectivity index (χ2n) is 5.17. The van der Waals surface area contributed by atoms with Gasteiger partial charge in [0, 0.05) is 14.7 Å². The molecule has 0 aliphatic rings. The van der Waals surface area contributed by atoms with E-state index in [2.05, 4.69) is 26.5 Å². The van der Waals surface area contributed by atoms with Gasteiger partial charge in [-0.25, -0.2) is 5.43 Å². The Morgan fingerprint density at radius 1 is 1.25 bits per heavy atom. The molecule has 24 heavy (non-hydrogen) atoms. The Morgan fingerprint density at radius 3 is 2.79 bits per heavy atom. The number of thiophene rings is 1. The van der Waals surface area contributed by atoms with Crippen LogP contribution in [0.3, 0.4) is 0 Å². The van der Waals surface area contributed by atoms with Crippen LogP contribution in [0.15, 0.2) is 63.5 Å². The number of carbonyl (C=O) groups is 1. The molecule has 3 rings (SSSR count). The fourth-order valence-corrected chi connectivity index (χ4v) is 3.45. The third kappa shape index (κ3) is 4.21. The van der Waals surface area contributed by atoms with Gasteiger partial charge in [-0.3, -0.25) is 4.79 Å². The number of hydrogen-bond acceptors (Lipinski definition) is 4. The van der Waals surface area contributed by atoms with Crippen molar-refractivity contribution in [3.63, 3.8) is 0 Å². The first-order chi connectivity index (χ1) is 11.6. The van der Waals surface area contributed by atoms with Crippen molar-refractivity contribution in [1.82, 2.24) is 5.43 Å². The second kappa shape index (κ2) is 7.59. The molecule has 0 bridgehead atoms. The first-order valence-electron chi connectivity index (χ1n) is 7.34. The normalized spacial score (nSPS) is 12.4. The van der Waals surface area contributed by atoms with Gasteiger partial charge in [0.1, 0.15) is 5.75 Å². The molecule has 1 aromatic heterocycles. The maximum absolute atomic E-state index is 12.1. The lowest BCUT2D eigenvalue weighted by Crippen LogP contribution is -2.33. The molecule has 3 aromatic rings. The van der Waals surface area contributed by atoms with E-state index in [1.807, 2.05) is 53.9 Å². The Morgan fingerprint density at radius 2 is 2.04 bits per heavy atom. The lowest BCUT2D eigenvalue weighted by Gasteiger charge is -2.13. The third-order valence-corrected chi connectivity index (χ3v) is 4.99. The fraction of sp³-hybridized carbons (Fsp3) is 0.111. The van der Waals surface area contributed by atoms with Crippen LogP contribution in [0.5, 0.6) is 5.75 Å². The highest BCUT2D eigenvalue weighted by atomic mass is 79.9. The quantitative estimate of drug-likeness (QED) is 0.501. The van der Waals surface area contributed by atoms with Gasteiger partial charge in [0.25, 0.3) is 5.91 Å². The van der Waals surface area contributed by atoms with E-state index in [0.29, 0.717) is 5.75 Å². The lowest BCUT2D eigenvalue weighted by molar-refractivity contribution is -0.127. The van der Waals surface area contributed by atoms with Crippen LogP contribution in [0, 0.1) is 0 Å². The summed E-state index contributed by atoms with van der Waals surface area (Å²) < 4.78 is 6.69. The average Bonchev–Trinajstić information content (AvgIpc) is 3.00. The predicted octanol–water partition coefficient (Wildman–Crippen LogP) is 4.58. The number of hydrazone groups is 1. The number of carbonyl (C=O) groups excluding carboxylic acids is 1. The van der Waals surface area contributed by atoms with Crippen molar-refractivity contribution in [2.45, 2.75) is 13.0 Å². The van der Waals surface area contributed by atoms with Crippen molar-refractivity contribution >= 4 is 50.2 Å². The van der Waals surface area contributed by atoms with E-state index in [4.69, 9.17) is 4.74 Å². The Balaban J connectivity index is 1.59. The SMILES string of the molecule is CC(Oc1ccc2ccccc2c1)C(=O)NN=Cc1cc(Br)cs1. The van der Waals surface area contributed by atoms with Crippen LogP contribution in [-0.2, 0) is 4.79 Å². The van der Waals surface area contributed by atoms with Gasteiger partial charge in [0.15, 0.2) is 6.10 Å². The van der Waals surface area contributed by atoms with Gasteiger partial charge in [-0.15, -0.1) is 11.3 Å². The van der Waals surface area contributed by atoms with Crippen LogP contribution in [0.25, 0.3) is 10.8 Å². The summed E-state index contributed by atoms with van der Waals surface area (Å²) in [5.41, 5.74) is 2.49. The molecule has 0 spiro atoms. The molecule has 0 saturated heterocycles. The summed E-state index contributed by atoms with van der Waals surface area (Å²) in [5, 5.41) is 8.11. The highest BCUT2D eigenvalue weighted by molar-refractivity contribution is 9.10. The number of nitrogens with one attached hydrogen (secondary N) is 1. The molecule has 4 nitrogen and oxygen atoms in total. The standard InChI is InChI=1S/C18H15BrN2O2S/c1-12(18(22)21-20-10-17-9-15(19)11-24-17)23-16-7-6-13-4-2-3-5-14(13)8-16/h2-12H,1H3,(H,21,22). The van der Waals surface area contributed by atoms with E-state index >= 15 is 0 Å². The van der Waals surface area contributed by atoms with Crippen LogP contribution in [0.2, 0.25) is 0 Å². The monoisotopic (exact) mass is 402 g/mol. The molecule has 2 aromatic carbocycles. The van der Waals surface area contributed by atoms with Crippen molar-refractivity contribution in [3.05, 3.63) is 63.3 Å². The Labute approximate surface area is 152 Å². The summed E-state index contributed by atoms with van der Waals surface area (Å²) in [7, 11) is 0. The van der Waals surface area contributed by atoms with Gasteiger partial charge >= 0.3 is 0 Å². The maximum Gasteiger partial charge on any atom is 0.280 e. The smallest absolute Gasteiger partial charge is 0.280 e. The van der Waals surface area contributed by atoms with Gasteiger partial charge in [0.05, 0.1) is 6.21 Å². The average molecular weight is 403 g/mol. The lowest BCUT2D eigenvalue weighted by atomic mass is 10.1. The van der Waals surface area contributed by atoms with Crippen LogP contribution in [0.1, 0.15) is 11.8 Å². The van der Waals surface area contributed by atoms with Crippen molar-refractivity contribution in [3.8, 4) is 5.75 Å². The molecule has 122 valence electrons. The molecule has 0 aliphatic carbocycles. The molecular formula is C18H15BrN2O2S. The van der Waals surface area contributed by atoms with Crippen LogP contribution >= 0.6 is 27.3 Å². The number of nitrogens with zero attached hydrogens (tertiary/aromatic N) is 1. The minimum absolute atomic E-state index is 0.296. The number of rotatable bonds is 5. The second-order valence-corrected chi connectivity index (χ2v) is 7.03. The van der Waals surface area contributed by atoms with Crippen LogP contribution in [-0.4, -0.2) is 18.2 Å². The van der Waals surface area contributed by atoms with E-state index in [1.54, 1.807) is 13.1 Å². The zero-order chi connectivity index (χ0) is 16.9. The molecule has 1 unspecified atom stereocenters. The fourth-order valence-electron chi connectivity index (χ4n) is 2.14. The Hall–Kier alpha value is -2.18. The van der Waals surface area contributed by atoms with Gasteiger partial charge in [-0.2, -0.15) is 5.10 Å². The molecule has 0 aliphatic heterocycles. The third-order valence-electron chi connectivity index (χ3n) is 3.36. The number of fused-ring (bicyclic) bond motifs is 1. The van der Waals surface area contributed by atoms with Crippen molar-refractivity contribution < 1.29 is 9.53 Å².